The first-order valence-electron chi connectivity index (χ1n) is 11.3. The van der Waals surface area contributed by atoms with Crippen LogP contribution in [0.4, 0.5) is 5.69 Å². The number of nitrogens with one attached hydrogen (secondary N) is 2. The van der Waals surface area contributed by atoms with Crippen LogP contribution in [-0.2, 0) is 17.8 Å². The lowest BCUT2D eigenvalue weighted by Crippen LogP contribution is -2.34. The van der Waals surface area contributed by atoms with Crippen LogP contribution in [0.15, 0.2) is 29.6 Å². The highest BCUT2D eigenvalue weighted by molar-refractivity contribution is 7.13. The van der Waals surface area contributed by atoms with E-state index in [0.717, 1.165) is 27.4 Å². The highest BCUT2D eigenvalue weighted by atomic mass is 32.1. The smallest absolute Gasteiger partial charge is 0.287 e. The maximum Gasteiger partial charge on any atom is 0.287 e. The summed E-state index contributed by atoms with van der Waals surface area (Å²) in [6, 6.07) is 7.15. The molecule has 4 rings (SSSR count). The molecule has 0 aliphatic carbocycles. The number of aryl methyl sites for hydroxylation is 1. The fourth-order valence-electron chi connectivity index (χ4n) is 3.92. The van der Waals surface area contributed by atoms with Crippen molar-refractivity contribution in [1.29, 1.82) is 0 Å². The van der Waals surface area contributed by atoms with Gasteiger partial charge < -0.3 is 25.7 Å². The molecule has 34 heavy (non-hydrogen) atoms. The molecule has 0 saturated heterocycles. The van der Waals surface area contributed by atoms with Gasteiger partial charge in [-0.05, 0) is 47.9 Å². The van der Waals surface area contributed by atoms with Crippen molar-refractivity contribution in [3.8, 4) is 27.6 Å². The summed E-state index contributed by atoms with van der Waals surface area (Å²) in [5.41, 5.74) is 9.86. The molecule has 8 nitrogen and oxygen atoms in total. The second kappa shape index (κ2) is 9.23. The van der Waals surface area contributed by atoms with Crippen molar-refractivity contribution in [2.75, 3.05) is 19.0 Å². The molecule has 1 atom stereocenters. The summed E-state index contributed by atoms with van der Waals surface area (Å²) in [6.07, 6.45) is 0.708. The van der Waals surface area contributed by atoms with Gasteiger partial charge in [0.1, 0.15) is 11.4 Å². The van der Waals surface area contributed by atoms with Crippen molar-refractivity contribution in [2.45, 2.75) is 46.7 Å². The van der Waals surface area contributed by atoms with Gasteiger partial charge >= 0.3 is 0 Å². The van der Waals surface area contributed by atoms with Gasteiger partial charge in [0, 0.05) is 18.7 Å². The van der Waals surface area contributed by atoms with Crippen LogP contribution in [0.3, 0.4) is 0 Å². The van der Waals surface area contributed by atoms with E-state index in [1.54, 1.807) is 25.4 Å². The Morgan fingerprint density at radius 1 is 1.32 bits per heavy atom. The van der Waals surface area contributed by atoms with Crippen LogP contribution in [-0.4, -0.2) is 41.1 Å². The fraction of sp³-hybridized carbons (Fsp3) is 0.400. The van der Waals surface area contributed by atoms with Gasteiger partial charge in [0.15, 0.2) is 5.82 Å². The van der Waals surface area contributed by atoms with E-state index in [0.29, 0.717) is 36.8 Å². The minimum absolute atomic E-state index is 0.0417. The Balaban J connectivity index is 1.85. The molecule has 0 unspecified atom stereocenters. The lowest BCUT2D eigenvalue weighted by molar-refractivity contribution is -0.117. The zero-order valence-electron chi connectivity index (χ0n) is 20.2. The highest BCUT2D eigenvalue weighted by Crippen LogP contribution is 2.43. The van der Waals surface area contributed by atoms with E-state index in [2.05, 4.69) is 31.4 Å². The Hall–Kier alpha value is -3.17. The summed E-state index contributed by atoms with van der Waals surface area (Å²) in [4.78, 5) is 31.3. The molecule has 9 heteroatoms. The van der Waals surface area contributed by atoms with Crippen LogP contribution in [0.1, 0.15) is 43.9 Å². The van der Waals surface area contributed by atoms with E-state index in [-0.39, 0.29) is 17.2 Å². The lowest BCUT2D eigenvalue weighted by atomic mass is 9.95. The number of fused-ring (bicyclic) bond motifs is 3. The van der Waals surface area contributed by atoms with Crippen molar-refractivity contribution in [3.05, 3.63) is 41.0 Å². The molecule has 4 N–H and O–H groups in total. The summed E-state index contributed by atoms with van der Waals surface area (Å²) in [5, 5.41) is 7.89. The molecule has 2 aromatic heterocycles. The molecule has 0 radical (unpaired) electrons. The van der Waals surface area contributed by atoms with Crippen LogP contribution in [0.5, 0.6) is 5.75 Å². The summed E-state index contributed by atoms with van der Waals surface area (Å²) in [6.45, 7) is 9.02. The first-order valence-corrected chi connectivity index (χ1v) is 12.2. The summed E-state index contributed by atoms with van der Waals surface area (Å²) in [7, 11) is 1.57. The number of methoxy groups -OCH3 is 1. The quantitative estimate of drug-likeness (QED) is 0.494. The average Bonchev–Trinajstić information content (AvgIpc) is 3.44. The van der Waals surface area contributed by atoms with E-state index >= 15 is 0 Å². The first-order chi connectivity index (χ1) is 16.1. The third-order valence-electron chi connectivity index (χ3n) is 5.66. The van der Waals surface area contributed by atoms with Gasteiger partial charge in [0.05, 0.1) is 29.4 Å². The minimum Gasteiger partial charge on any atom is -0.495 e. The van der Waals surface area contributed by atoms with Gasteiger partial charge in [-0.1, -0.05) is 26.8 Å². The number of nitrogens with two attached hydrogens (primary N) is 1. The van der Waals surface area contributed by atoms with Crippen molar-refractivity contribution >= 4 is 28.8 Å². The monoisotopic (exact) mass is 481 g/mol. The number of nitrogens with zero attached hydrogens (tertiary/aromatic N) is 2. The SMILES string of the molecule is COc1cc2c(cc1NC(=O)[C@H](C)N)-c1c(-c3cccs3)nc(C(=O)NCC(C)(C)C)n1CC2. The topological polar surface area (TPSA) is 111 Å². The lowest BCUT2D eigenvalue weighted by Gasteiger charge is -2.24. The van der Waals surface area contributed by atoms with Crippen molar-refractivity contribution in [2.24, 2.45) is 11.1 Å². The molecule has 3 heterocycles. The van der Waals surface area contributed by atoms with Gasteiger partial charge in [-0.15, -0.1) is 11.3 Å². The standard InChI is InChI=1S/C25H31N5O3S/c1-14(26)23(31)28-17-12-16-15(11-18(17)33-5)8-9-30-21(16)20(19-7-6-10-34-19)29-22(30)24(32)27-13-25(2,3)4/h6-7,10-12,14H,8-9,13,26H2,1-5H3,(H,27,32)(H,28,31)/t14-/m0/s1. The van der Waals surface area contributed by atoms with E-state index < -0.39 is 6.04 Å². The minimum atomic E-state index is -0.661. The molecule has 0 spiro atoms. The number of hydrogen-bond acceptors (Lipinski definition) is 6. The first kappa shape index (κ1) is 24.0. The van der Waals surface area contributed by atoms with Crippen LogP contribution < -0.4 is 21.1 Å². The molecule has 0 saturated carbocycles. The maximum atomic E-state index is 13.2. The van der Waals surface area contributed by atoms with E-state index in [9.17, 15) is 9.59 Å². The van der Waals surface area contributed by atoms with Gasteiger partial charge in [-0.3, -0.25) is 9.59 Å². The van der Waals surface area contributed by atoms with Crippen LogP contribution in [0.2, 0.25) is 0 Å². The summed E-state index contributed by atoms with van der Waals surface area (Å²) >= 11 is 1.57. The number of amides is 2. The second-order valence-corrected chi connectivity index (χ2v) is 10.7. The van der Waals surface area contributed by atoms with E-state index in [1.807, 2.05) is 34.2 Å². The number of carbonyl (C=O) groups excluding carboxylic acids is 2. The Morgan fingerprint density at radius 2 is 2.09 bits per heavy atom. The molecular formula is C25H31N5O3S. The van der Waals surface area contributed by atoms with Crippen molar-refractivity contribution in [1.82, 2.24) is 14.9 Å². The maximum absolute atomic E-state index is 13.2. The highest BCUT2D eigenvalue weighted by Gasteiger charge is 2.30. The normalized spacial score (nSPS) is 13.6. The Morgan fingerprint density at radius 3 is 2.71 bits per heavy atom. The molecule has 0 bridgehead atoms. The zero-order valence-corrected chi connectivity index (χ0v) is 21.0. The predicted molar refractivity (Wildman–Crippen MR) is 135 cm³/mol. The van der Waals surface area contributed by atoms with E-state index in [4.69, 9.17) is 15.5 Å². The van der Waals surface area contributed by atoms with E-state index in [1.165, 1.54) is 0 Å². The number of ether oxygens (including phenoxy) is 1. The van der Waals surface area contributed by atoms with Crippen LogP contribution in [0.25, 0.3) is 21.8 Å². The molecule has 1 aliphatic rings. The number of rotatable bonds is 6. The number of anilines is 1. The zero-order chi connectivity index (χ0) is 24.6. The number of thiophene rings is 1. The van der Waals surface area contributed by atoms with Crippen LogP contribution in [0, 0.1) is 5.41 Å². The van der Waals surface area contributed by atoms with Gasteiger partial charge in [0.25, 0.3) is 5.91 Å². The largest absolute Gasteiger partial charge is 0.495 e. The number of hydrogen-bond donors (Lipinski definition) is 3. The molecule has 2 amide bonds. The number of carbonyl (C=O) groups is 2. The van der Waals surface area contributed by atoms with Gasteiger partial charge in [-0.25, -0.2) is 4.98 Å². The van der Waals surface area contributed by atoms with Gasteiger partial charge in [-0.2, -0.15) is 0 Å². The van der Waals surface area contributed by atoms with Gasteiger partial charge in [0.2, 0.25) is 5.91 Å². The molecule has 3 aromatic rings. The third-order valence-corrected chi connectivity index (χ3v) is 6.54. The predicted octanol–water partition coefficient (Wildman–Crippen LogP) is 3.90. The Labute approximate surface area is 203 Å². The summed E-state index contributed by atoms with van der Waals surface area (Å²) < 4.78 is 7.53. The molecule has 1 aromatic carbocycles. The Bertz CT molecular complexity index is 1220. The molecule has 180 valence electrons. The number of benzene rings is 1. The molecule has 1 aliphatic heterocycles. The fourth-order valence-corrected chi connectivity index (χ4v) is 4.64. The second-order valence-electron chi connectivity index (χ2n) is 9.74. The third kappa shape index (κ3) is 4.71. The van der Waals surface area contributed by atoms with Crippen molar-refractivity contribution in [3.63, 3.8) is 0 Å². The Kier molecular flexibility index (Phi) is 6.51. The number of imidazole rings is 1. The molecule has 0 fully saturated rings. The summed E-state index contributed by atoms with van der Waals surface area (Å²) in [5.74, 6) is 0.469. The number of aromatic nitrogens is 2. The van der Waals surface area contributed by atoms with Crippen LogP contribution >= 0.6 is 11.3 Å². The van der Waals surface area contributed by atoms with Crippen molar-refractivity contribution < 1.29 is 14.3 Å². The average molecular weight is 482 g/mol. The molecular weight excluding hydrogens is 450 g/mol.